The molecule has 1 radical (unpaired) electrons. The minimum atomic E-state index is 0. The molecule has 3 nitrogen and oxygen atoms in total. The number of rotatable bonds is 5. The van der Waals surface area contributed by atoms with Gasteiger partial charge in [0.05, 0.1) is 19.6 Å². The van der Waals surface area contributed by atoms with Crippen molar-refractivity contribution < 1.29 is 42.0 Å². The fourth-order valence-corrected chi connectivity index (χ4v) is 4.56. The summed E-state index contributed by atoms with van der Waals surface area (Å²) in [6, 6.07) is 16.5. The van der Waals surface area contributed by atoms with Gasteiger partial charge in [-0.15, -0.1) is 0 Å². The molecule has 1 heterocycles. The van der Waals surface area contributed by atoms with Crippen molar-refractivity contribution in [3.63, 3.8) is 0 Å². The summed E-state index contributed by atoms with van der Waals surface area (Å²) in [4.78, 5) is 13.0. The zero-order valence-corrected chi connectivity index (χ0v) is 22.4. The number of benzene rings is 2. The maximum absolute atomic E-state index is 13.0. The predicted molar refractivity (Wildman–Crippen MR) is 124 cm³/mol. The number of nitrogens with one attached hydrogen (secondary N) is 1. The molecule has 4 heteroatoms. The van der Waals surface area contributed by atoms with E-state index in [1.807, 2.05) is 24.3 Å². The molecule has 1 N–H and O–H groups in total. The Morgan fingerprint density at radius 2 is 1.47 bits per heavy atom. The predicted octanol–water partition coefficient (Wildman–Crippen LogP) is 6.03. The minimum Gasteiger partial charge on any atom is -0.320 e. The smallest absolute Gasteiger partial charge is 0.282 e. The van der Waals surface area contributed by atoms with Crippen LogP contribution in [0.4, 0.5) is 5.69 Å². The first-order chi connectivity index (χ1) is 13.9. The van der Waals surface area contributed by atoms with Gasteiger partial charge in [-0.2, -0.15) is 0 Å². The quantitative estimate of drug-likeness (QED) is 0.516. The largest absolute Gasteiger partial charge is 0.320 e. The first-order valence-electron chi connectivity index (χ1n) is 11.2. The minimum absolute atomic E-state index is 0. The molecule has 1 saturated heterocycles. The molecule has 1 amide bonds. The zero-order valence-electron chi connectivity index (χ0n) is 19.6. The van der Waals surface area contributed by atoms with Gasteiger partial charge in [-0.05, 0) is 58.1 Å². The number of carbonyl (C=O) groups is 1. The number of quaternary nitrogens is 1. The summed E-state index contributed by atoms with van der Waals surface area (Å²) in [6.45, 7) is 14.0. The van der Waals surface area contributed by atoms with Crippen LogP contribution in [0.15, 0.2) is 48.5 Å². The molecule has 2 aromatic carbocycles. The normalized spacial score (nSPS) is 15.8. The molecule has 0 aliphatic carbocycles. The van der Waals surface area contributed by atoms with Gasteiger partial charge >= 0.3 is 0 Å². The van der Waals surface area contributed by atoms with E-state index >= 15 is 0 Å². The van der Waals surface area contributed by atoms with Crippen molar-refractivity contribution in [2.24, 2.45) is 0 Å². The maximum atomic E-state index is 13.0. The second kappa shape index (κ2) is 13.4. The van der Waals surface area contributed by atoms with Gasteiger partial charge in [-0.25, -0.2) is 0 Å². The molecule has 0 spiro atoms. The molecule has 30 heavy (non-hydrogen) atoms. The van der Waals surface area contributed by atoms with E-state index in [4.69, 9.17) is 0 Å². The van der Waals surface area contributed by atoms with Crippen LogP contribution in [0.2, 0.25) is 0 Å². The number of hydrogen-bond acceptors (Lipinski definition) is 1. The van der Waals surface area contributed by atoms with Crippen molar-refractivity contribution in [2.75, 3.05) is 25.0 Å². The Labute approximate surface area is 209 Å². The summed E-state index contributed by atoms with van der Waals surface area (Å²) in [7, 11) is 0. The van der Waals surface area contributed by atoms with E-state index in [0.717, 1.165) is 47.4 Å². The monoisotopic (exact) mass is 484 g/mol. The Morgan fingerprint density at radius 3 is 1.90 bits per heavy atom. The van der Waals surface area contributed by atoms with Crippen molar-refractivity contribution in [3.8, 4) is 0 Å². The van der Waals surface area contributed by atoms with Crippen molar-refractivity contribution >= 4 is 11.6 Å². The number of carbonyl (C=O) groups excluding carboxylic acids is 1. The van der Waals surface area contributed by atoms with Gasteiger partial charge in [-0.1, -0.05) is 61.0 Å². The standard InChI is InChI=1S/C19H30N2O.C7H8.Y/c1-5-17(21(6-2)13-8-7-9-14-21)19(22)20-18-15(3)11-10-12-16(18)4;1-7-5-3-2-4-6-7;/h10-12,17H,5-9,13-14H2,1-4H3;2-6H,1H3;/p+1. The van der Waals surface area contributed by atoms with Gasteiger partial charge in [0, 0.05) is 44.8 Å². The van der Waals surface area contributed by atoms with Gasteiger partial charge in [0.1, 0.15) is 0 Å². The maximum Gasteiger partial charge on any atom is 0.282 e. The van der Waals surface area contributed by atoms with E-state index in [0.29, 0.717) is 0 Å². The molecule has 1 aliphatic rings. The summed E-state index contributed by atoms with van der Waals surface area (Å²) in [5.74, 6) is 0.198. The van der Waals surface area contributed by atoms with Crippen LogP contribution >= 0.6 is 0 Å². The third-order valence-corrected chi connectivity index (χ3v) is 6.36. The number of hydrogen-bond donors (Lipinski definition) is 1. The van der Waals surface area contributed by atoms with E-state index in [9.17, 15) is 4.79 Å². The average Bonchev–Trinajstić information content (AvgIpc) is 2.73. The molecule has 1 unspecified atom stereocenters. The third kappa shape index (κ3) is 7.29. The van der Waals surface area contributed by atoms with Crippen LogP contribution in [0, 0.1) is 20.8 Å². The second-order valence-corrected chi connectivity index (χ2v) is 8.38. The topological polar surface area (TPSA) is 29.1 Å². The van der Waals surface area contributed by atoms with Crippen LogP contribution in [-0.4, -0.2) is 36.1 Å². The number of nitrogens with zero attached hydrogens (tertiary/aromatic N) is 1. The third-order valence-electron chi connectivity index (χ3n) is 6.36. The number of amides is 1. The Bertz CT molecular complexity index is 750. The molecule has 1 aliphatic heterocycles. The van der Waals surface area contributed by atoms with Crippen LogP contribution < -0.4 is 5.32 Å². The van der Waals surface area contributed by atoms with E-state index in [-0.39, 0.29) is 44.7 Å². The van der Waals surface area contributed by atoms with Crippen molar-refractivity contribution in [1.29, 1.82) is 0 Å². The van der Waals surface area contributed by atoms with Crippen LogP contribution in [0.3, 0.4) is 0 Å². The molecule has 2 aromatic rings. The van der Waals surface area contributed by atoms with E-state index < -0.39 is 0 Å². The van der Waals surface area contributed by atoms with Crippen LogP contribution in [0.25, 0.3) is 0 Å². The number of para-hydroxylation sites is 1. The fraction of sp³-hybridized carbons (Fsp3) is 0.500. The van der Waals surface area contributed by atoms with Crippen LogP contribution in [0.1, 0.15) is 56.2 Å². The van der Waals surface area contributed by atoms with Crippen molar-refractivity contribution in [2.45, 2.75) is 66.3 Å². The Kier molecular flexibility index (Phi) is 12.1. The van der Waals surface area contributed by atoms with E-state index in [1.165, 1.54) is 24.8 Å². The summed E-state index contributed by atoms with van der Waals surface area (Å²) in [5.41, 5.74) is 4.61. The average molecular weight is 485 g/mol. The van der Waals surface area contributed by atoms with Gasteiger partial charge in [0.25, 0.3) is 5.91 Å². The number of piperidine rings is 1. The van der Waals surface area contributed by atoms with Gasteiger partial charge < -0.3 is 9.80 Å². The molecular formula is C26H39N2OY+. The SMILES string of the molecule is CCC(C(=O)Nc1c(C)cccc1C)[N+]1(CC)CCCCC1.Cc1ccccc1.[Y]. The number of anilines is 1. The first kappa shape index (κ1) is 27.0. The Hall–Kier alpha value is -1.03. The molecule has 1 atom stereocenters. The molecule has 161 valence electrons. The van der Waals surface area contributed by atoms with Crippen LogP contribution in [0.5, 0.6) is 0 Å². The molecule has 0 bridgehead atoms. The Morgan fingerprint density at radius 1 is 0.900 bits per heavy atom. The number of likely N-dealkylation sites (tertiary alicyclic amines) is 1. The molecule has 0 aromatic heterocycles. The summed E-state index contributed by atoms with van der Waals surface area (Å²) < 4.78 is 0.966. The van der Waals surface area contributed by atoms with Crippen molar-refractivity contribution in [1.82, 2.24) is 0 Å². The van der Waals surface area contributed by atoms with E-state index in [1.54, 1.807) is 0 Å². The van der Waals surface area contributed by atoms with Gasteiger partial charge in [0.2, 0.25) is 0 Å². The van der Waals surface area contributed by atoms with Gasteiger partial charge in [-0.3, -0.25) is 4.79 Å². The molecule has 0 saturated carbocycles. The fourth-order valence-electron chi connectivity index (χ4n) is 4.56. The zero-order chi connectivity index (χ0) is 21.3. The number of aryl methyl sites for hydroxylation is 3. The Balaban J connectivity index is 0.000000477. The first-order valence-corrected chi connectivity index (χ1v) is 11.2. The molecular weight excluding hydrogens is 445 g/mol. The van der Waals surface area contributed by atoms with Gasteiger partial charge in [0.15, 0.2) is 6.04 Å². The molecule has 1 fully saturated rings. The summed E-state index contributed by atoms with van der Waals surface area (Å²) in [6.07, 6.45) is 4.72. The molecule has 3 rings (SSSR count). The van der Waals surface area contributed by atoms with Crippen LogP contribution in [-0.2, 0) is 37.5 Å². The summed E-state index contributed by atoms with van der Waals surface area (Å²) >= 11 is 0. The van der Waals surface area contributed by atoms with Crippen molar-refractivity contribution in [3.05, 3.63) is 65.2 Å². The second-order valence-electron chi connectivity index (χ2n) is 8.38. The number of likely N-dealkylation sites (N-methyl/N-ethyl adjacent to an activating group) is 1. The van der Waals surface area contributed by atoms with E-state index in [2.05, 4.69) is 64.2 Å². The summed E-state index contributed by atoms with van der Waals surface area (Å²) in [5, 5.41) is 3.23.